The maximum Gasteiger partial charge on any atom is 0.257 e. The minimum absolute atomic E-state index is 0.0167. The van der Waals surface area contributed by atoms with Crippen LogP contribution in [0.15, 0.2) is 48.5 Å². The Balaban J connectivity index is 1.46. The number of nitrogens with one attached hydrogen (secondary N) is 2. The van der Waals surface area contributed by atoms with Crippen molar-refractivity contribution in [3.8, 4) is 5.75 Å². The van der Waals surface area contributed by atoms with Gasteiger partial charge in [0.15, 0.2) is 0 Å². The van der Waals surface area contributed by atoms with Gasteiger partial charge >= 0.3 is 0 Å². The number of fused-ring (bicyclic) bond motifs is 2. The Kier molecular flexibility index (Phi) is 7.47. The van der Waals surface area contributed by atoms with E-state index in [0.717, 1.165) is 12.8 Å². The molecule has 2 aromatic rings. The number of carbonyl (C=O) groups excluding carboxylic acids is 3. The molecule has 0 aromatic heterocycles. The van der Waals surface area contributed by atoms with E-state index < -0.39 is 0 Å². The molecule has 2 aromatic carbocycles. The lowest BCUT2D eigenvalue weighted by Gasteiger charge is -2.42. The normalized spacial score (nSPS) is 21.9. The standard InChI is InChI=1S/C26H31N3O5/c1-3-13-27-24(30)15-19-10-11-21-23(34-19)16-33-22-12-9-18(14-20(22)26(32)29(21)2)28-25(31)17-7-5-4-6-8-17/h4-9,12,14,19,21,23H,3,10-11,13,15-16H2,1-2H3,(H,27,30)(H,28,31)/t19-,21+,23-/m0/s1. The molecule has 0 bridgehead atoms. The number of nitrogens with zero attached hydrogens (tertiary/aromatic N) is 1. The van der Waals surface area contributed by atoms with E-state index >= 15 is 0 Å². The molecule has 2 heterocycles. The molecule has 0 radical (unpaired) electrons. The average molecular weight is 466 g/mol. The molecule has 0 saturated carbocycles. The van der Waals surface area contributed by atoms with Crippen LogP contribution in [0.3, 0.4) is 0 Å². The number of rotatable bonds is 6. The lowest BCUT2D eigenvalue weighted by atomic mass is 9.94. The second kappa shape index (κ2) is 10.7. The van der Waals surface area contributed by atoms with Crippen molar-refractivity contribution in [2.45, 2.75) is 50.9 Å². The molecule has 2 aliphatic rings. The summed E-state index contributed by atoms with van der Waals surface area (Å²) in [6.07, 6.45) is 2.10. The molecule has 2 N–H and O–H groups in total. The summed E-state index contributed by atoms with van der Waals surface area (Å²) in [5, 5.41) is 5.73. The highest BCUT2D eigenvalue weighted by Crippen LogP contribution is 2.32. The van der Waals surface area contributed by atoms with Gasteiger partial charge in [0.2, 0.25) is 5.91 Å². The van der Waals surface area contributed by atoms with E-state index in [1.165, 1.54) is 0 Å². The first kappa shape index (κ1) is 23.8. The second-order valence-corrected chi connectivity index (χ2v) is 8.75. The summed E-state index contributed by atoms with van der Waals surface area (Å²) >= 11 is 0. The molecule has 3 atom stereocenters. The van der Waals surface area contributed by atoms with Crippen LogP contribution in [-0.2, 0) is 9.53 Å². The predicted molar refractivity (Wildman–Crippen MR) is 128 cm³/mol. The van der Waals surface area contributed by atoms with E-state index in [1.807, 2.05) is 13.0 Å². The van der Waals surface area contributed by atoms with Crippen LogP contribution in [0.2, 0.25) is 0 Å². The van der Waals surface area contributed by atoms with Gasteiger partial charge in [-0.05, 0) is 49.6 Å². The van der Waals surface area contributed by atoms with E-state index in [2.05, 4.69) is 10.6 Å². The molecule has 2 aliphatic heterocycles. The quantitative estimate of drug-likeness (QED) is 0.683. The molecule has 1 saturated heterocycles. The van der Waals surface area contributed by atoms with Crippen molar-refractivity contribution >= 4 is 23.4 Å². The van der Waals surface area contributed by atoms with Gasteiger partial charge in [0.05, 0.1) is 24.1 Å². The molecule has 3 amide bonds. The highest BCUT2D eigenvalue weighted by molar-refractivity contribution is 6.05. The molecule has 0 spiro atoms. The smallest absolute Gasteiger partial charge is 0.257 e. The van der Waals surface area contributed by atoms with Gasteiger partial charge in [-0.1, -0.05) is 25.1 Å². The molecule has 8 nitrogen and oxygen atoms in total. The van der Waals surface area contributed by atoms with Gasteiger partial charge < -0.3 is 25.0 Å². The molecular formula is C26H31N3O5. The number of amides is 3. The zero-order valence-corrected chi connectivity index (χ0v) is 19.6. The maximum atomic E-state index is 13.3. The molecule has 0 unspecified atom stereocenters. The average Bonchev–Trinajstić information content (AvgIpc) is 2.85. The highest BCUT2D eigenvalue weighted by atomic mass is 16.5. The van der Waals surface area contributed by atoms with Crippen LogP contribution in [-0.4, -0.2) is 61.1 Å². The van der Waals surface area contributed by atoms with Crippen molar-refractivity contribution in [1.29, 1.82) is 0 Å². The van der Waals surface area contributed by atoms with Gasteiger partial charge in [-0.2, -0.15) is 0 Å². The number of hydrogen-bond donors (Lipinski definition) is 2. The summed E-state index contributed by atoms with van der Waals surface area (Å²) in [6, 6.07) is 13.8. The Morgan fingerprint density at radius 2 is 1.91 bits per heavy atom. The third-order valence-electron chi connectivity index (χ3n) is 6.29. The minimum atomic E-state index is -0.322. The van der Waals surface area contributed by atoms with Crippen molar-refractivity contribution in [2.75, 3.05) is 25.5 Å². The third kappa shape index (κ3) is 5.39. The van der Waals surface area contributed by atoms with Gasteiger partial charge in [-0.15, -0.1) is 0 Å². The first-order valence-electron chi connectivity index (χ1n) is 11.8. The summed E-state index contributed by atoms with van der Waals surface area (Å²) in [4.78, 5) is 39.7. The minimum Gasteiger partial charge on any atom is -0.490 e. The van der Waals surface area contributed by atoms with Gasteiger partial charge in [-0.3, -0.25) is 14.4 Å². The van der Waals surface area contributed by atoms with Gasteiger partial charge in [0.1, 0.15) is 18.5 Å². The maximum absolute atomic E-state index is 13.3. The monoisotopic (exact) mass is 465 g/mol. The van der Waals surface area contributed by atoms with Gasteiger partial charge in [-0.25, -0.2) is 0 Å². The molecular weight excluding hydrogens is 434 g/mol. The van der Waals surface area contributed by atoms with Crippen molar-refractivity contribution < 1.29 is 23.9 Å². The number of hydrogen-bond acceptors (Lipinski definition) is 5. The molecule has 1 fully saturated rings. The van der Waals surface area contributed by atoms with Crippen molar-refractivity contribution in [2.24, 2.45) is 0 Å². The van der Waals surface area contributed by atoms with Crippen LogP contribution in [0.1, 0.15) is 53.3 Å². The second-order valence-electron chi connectivity index (χ2n) is 8.75. The highest BCUT2D eigenvalue weighted by Gasteiger charge is 2.39. The molecule has 0 aliphatic carbocycles. The van der Waals surface area contributed by atoms with E-state index in [9.17, 15) is 14.4 Å². The summed E-state index contributed by atoms with van der Waals surface area (Å²) in [7, 11) is 1.77. The van der Waals surface area contributed by atoms with Crippen molar-refractivity contribution in [3.05, 3.63) is 59.7 Å². The molecule has 180 valence electrons. The fourth-order valence-corrected chi connectivity index (χ4v) is 4.44. The number of anilines is 1. The lowest BCUT2D eigenvalue weighted by Crippen LogP contribution is -2.54. The summed E-state index contributed by atoms with van der Waals surface area (Å²) in [5.41, 5.74) is 1.45. The Hall–Kier alpha value is -3.39. The Labute approximate surface area is 199 Å². The summed E-state index contributed by atoms with van der Waals surface area (Å²) in [6.45, 7) is 2.94. The van der Waals surface area contributed by atoms with Gasteiger partial charge in [0, 0.05) is 24.8 Å². The van der Waals surface area contributed by atoms with Crippen LogP contribution in [0, 0.1) is 0 Å². The van der Waals surface area contributed by atoms with E-state index in [1.54, 1.807) is 54.4 Å². The van der Waals surface area contributed by atoms with Crippen LogP contribution in [0.4, 0.5) is 5.69 Å². The topological polar surface area (TPSA) is 97.0 Å². The first-order chi connectivity index (χ1) is 16.5. The number of ether oxygens (including phenoxy) is 2. The Morgan fingerprint density at radius 1 is 1.12 bits per heavy atom. The summed E-state index contributed by atoms with van der Waals surface area (Å²) in [5.74, 6) is -0.0116. The molecule has 34 heavy (non-hydrogen) atoms. The number of benzene rings is 2. The SMILES string of the molecule is CCCNC(=O)C[C@@H]1CC[C@@H]2[C@H](COc3ccc(NC(=O)c4ccccc4)cc3C(=O)N2C)O1. The fourth-order valence-electron chi connectivity index (χ4n) is 4.44. The zero-order chi connectivity index (χ0) is 24.1. The van der Waals surface area contributed by atoms with Crippen molar-refractivity contribution in [3.63, 3.8) is 0 Å². The predicted octanol–water partition coefficient (Wildman–Crippen LogP) is 3.24. The Bertz CT molecular complexity index is 1040. The van der Waals surface area contributed by atoms with Crippen LogP contribution < -0.4 is 15.4 Å². The van der Waals surface area contributed by atoms with E-state index in [-0.39, 0.29) is 42.6 Å². The lowest BCUT2D eigenvalue weighted by molar-refractivity contribution is -0.134. The van der Waals surface area contributed by atoms with Crippen LogP contribution >= 0.6 is 0 Å². The number of likely N-dealkylation sites (N-methyl/N-ethyl adjacent to an activating group) is 1. The number of carbonyl (C=O) groups is 3. The third-order valence-corrected chi connectivity index (χ3v) is 6.29. The summed E-state index contributed by atoms with van der Waals surface area (Å²) < 4.78 is 12.2. The van der Waals surface area contributed by atoms with Gasteiger partial charge in [0.25, 0.3) is 11.8 Å². The molecule has 4 rings (SSSR count). The van der Waals surface area contributed by atoms with E-state index in [0.29, 0.717) is 42.0 Å². The van der Waals surface area contributed by atoms with Crippen LogP contribution in [0.5, 0.6) is 5.75 Å². The largest absolute Gasteiger partial charge is 0.490 e. The van der Waals surface area contributed by atoms with E-state index in [4.69, 9.17) is 9.47 Å². The molecule has 8 heteroatoms. The Morgan fingerprint density at radius 3 is 2.68 bits per heavy atom. The first-order valence-corrected chi connectivity index (χ1v) is 11.8. The zero-order valence-electron chi connectivity index (χ0n) is 19.6. The van der Waals surface area contributed by atoms with Crippen molar-refractivity contribution in [1.82, 2.24) is 10.2 Å². The van der Waals surface area contributed by atoms with Crippen LogP contribution in [0.25, 0.3) is 0 Å². The fraction of sp³-hybridized carbons (Fsp3) is 0.423.